The van der Waals surface area contributed by atoms with Crippen LogP contribution in [-0.4, -0.2) is 4.57 Å². The van der Waals surface area contributed by atoms with Crippen molar-refractivity contribution in [2.45, 2.75) is 13.1 Å². The SMILES string of the molecule is Cc1cc2c(-c3cn(C)c(C(F)(F)F)cc3=O)c(F)cc(Cl)c2o1. The highest BCUT2D eigenvalue weighted by atomic mass is 35.5. The Hall–Kier alpha value is -2.28. The Morgan fingerprint density at radius 2 is 1.88 bits per heavy atom. The van der Waals surface area contributed by atoms with Crippen molar-refractivity contribution in [3.8, 4) is 11.1 Å². The van der Waals surface area contributed by atoms with E-state index in [1.165, 1.54) is 6.07 Å². The van der Waals surface area contributed by atoms with Crippen molar-refractivity contribution in [2.24, 2.45) is 7.05 Å². The monoisotopic (exact) mass is 359 g/mol. The van der Waals surface area contributed by atoms with Crippen molar-refractivity contribution in [2.75, 3.05) is 0 Å². The number of fused-ring (bicyclic) bond motifs is 1. The van der Waals surface area contributed by atoms with Gasteiger partial charge in [-0.3, -0.25) is 4.79 Å². The number of aromatic nitrogens is 1. The predicted octanol–water partition coefficient (Wildman–Crippen LogP) is 4.92. The van der Waals surface area contributed by atoms with Gasteiger partial charge < -0.3 is 8.98 Å². The van der Waals surface area contributed by atoms with Crippen molar-refractivity contribution in [3.05, 3.63) is 56.9 Å². The zero-order valence-electron chi connectivity index (χ0n) is 12.5. The van der Waals surface area contributed by atoms with Crippen molar-refractivity contribution < 1.29 is 22.0 Å². The number of alkyl halides is 3. The Morgan fingerprint density at radius 3 is 2.50 bits per heavy atom. The van der Waals surface area contributed by atoms with E-state index in [2.05, 4.69) is 0 Å². The van der Waals surface area contributed by atoms with Crippen LogP contribution in [0, 0.1) is 12.7 Å². The van der Waals surface area contributed by atoms with Crippen LogP contribution < -0.4 is 5.43 Å². The standard InChI is InChI=1S/C16H10ClF4NO2/c1-7-3-8-14(11(18)4-10(17)15(8)24-7)9-6-22(2)13(5-12(9)23)16(19,20)21/h3-6H,1-2H3. The van der Waals surface area contributed by atoms with Crippen molar-refractivity contribution in [1.29, 1.82) is 0 Å². The third-order valence-corrected chi connectivity index (χ3v) is 3.91. The summed E-state index contributed by atoms with van der Waals surface area (Å²) in [5.74, 6) is -0.382. The minimum Gasteiger partial charge on any atom is -0.460 e. The quantitative estimate of drug-likeness (QED) is 0.578. The molecule has 0 aliphatic rings. The van der Waals surface area contributed by atoms with Gasteiger partial charge in [-0.2, -0.15) is 13.2 Å². The third-order valence-electron chi connectivity index (χ3n) is 3.63. The molecule has 0 radical (unpaired) electrons. The number of hydrogen-bond acceptors (Lipinski definition) is 2. The van der Waals surface area contributed by atoms with Crippen molar-refractivity contribution in [3.63, 3.8) is 0 Å². The molecule has 0 saturated heterocycles. The molecule has 0 atom stereocenters. The summed E-state index contributed by atoms with van der Waals surface area (Å²) in [6.45, 7) is 1.61. The molecule has 24 heavy (non-hydrogen) atoms. The number of aryl methyl sites for hydroxylation is 2. The van der Waals surface area contributed by atoms with Crippen LogP contribution in [-0.2, 0) is 13.2 Å². The number of furan rings is 1. The summed E-state index contributed by atoms with van der Waals surface area (Å²) in [4.78, 5) is 12.2. The van der Waals surface area contributed by atoms with Gasteiger partial charge in [0, 0.05) is 35.8 Å². The zero-order valence-corrected chi connectivity index (χ0v) is 13.2. The van der Waals surface area contributed by atoms with Gasteiger partial charge in [-0.1, -0.05) is 11.6 Å². The predicted molar refractivity (Wildman–Crippen MR) is 81.6 cm³/mol. The molecule has 2 aromatic heterocycles. The van der Waals surface area contributed by atoms with Gasteiger partial charge >= 0.3 is 6.18 Å². The summed E-state index contributed by atoms with van der Waals surface area (Å²) >= 11 is 5.93. The first-order valence-corrected chi connectivity index (χ1v) is 7.13. The first-order chi connectivity index (χ1) is 11.1. The first-order valence-electron chi connectivity index (χ1n) is 6.76. The summed E-state index contributed by atoms with van der Waals surface area (Å²) < 4.78 is 59.2. The minimum absolute atomic E-state index is 0.0167. The maximum atomic E-state index is 14.4. The lowest BCUT2D eigenvalue weighted by atomic mass is 10.0. The average Bonchev–Trinajstić information content (AvgIpc) is 2.83. The smallest absolute Gasteiger partial charge is 0.431 e. The highest BCUT2D eigenvalue weighted by Crippen LogP contribution is 2.37. The summed E-state index contributed by atoms with van der Waals surface area (Å²) in [6, 6.07) is 2.90. The van der Waals surface area contributed by atoms with Gasteiger partial charge in [0.2, 0.25) is 0 Å². The van der Waals surface area contributed by atoms with Gasteiger partial charge in [0.05, 0.1) is 5.02 Å². The Morgan fingerprint density at radius 1 is 1.21 bits per heavy atom. The number of rotatable bonds is 1. The fourth-order valence-corrected chi connectivity index (χ4v) is 2.86. The second-order valence-electron chi connectivity index (χ2n) is 5.36. The highest BCUT2D eigenvalue weighted by molar-refractivity contribution is 6.35. The number of halogens is 5. The zero-order chi connectivity index (χ0) is 17.8. The van der Waals surface area contributed by atoms with E-state index in [0.29, 0.717) is 11.8 Å². The highest BCUT2D eigenvalue weighted by Gasteiger charge is 2.34. The second kappa shape index (κ2) is 5.37. The Balaban J connectivity index is 2.37. The van der Waals surface area contributed by atoms with Gasteiger partial charge in [0.1, 0.15) is 17.3 Å². The molecule has 0 amide bonds. The van der Waals surface area contributed by atoms with Crippen molar-refractivity contribution in [1.82, 2.24) is 4.57 Å². The first kappa shape index (κ1) is 16.6. The van der Waals surface area contributed by atoms with E-state index in [1.807, 2.05) is 0 Å². The van der Waals surface area contributed by atoms with E-state index in [-0.39, 0.29) is 27.1 Å². The molecule has 2 heterocycles. The van der Waals surface area contributed by atoms with E-state index in [4.69, 9.17) is 16.0 Å². The van der Waals surface area contributed by atoms with Crippen LogP contribution in [0.2, 0.25) is 5.02 Å². The molecular formula is C16H10ClF4NO2. The molecule has 0 spiro atoms. The Kier molecular flexibility index (Phi) is 3.71. The largest absolute Gasteiger partial charge is 0.460 e. The molecule has 0 bridgehead atoms. The maximum absolute atomic E-state index is 14.4. The lowest BCUT2D eigenvalue weighted by Crippen LogP contribution is -2.19. The van der Waals surface area contributed by atoms with Gasteiger partial charge in [-0.05, 0) is 19.1 Å². The van der Waals surface area contributed by atoms with Crippen LogP contribution >= 0.6 is 11.6 Å². The van der Waals surface area contributed by atoms with E-state index < -0.39 is 23.1 Å². The lowest BCUT2D eigenvalue weighted by molar-refractivity contribution is -0.143. The molecule has 8 heteroatoms. The molecule has 3 rings (SSSR count). The van der Waals surface area contributed by atoms with Crippen molar-refractivity contribution >= 4 is 22.6 Å². The van der Waals surface area contributed by atoms with Crippen LogP contribution in [0.5, 0.6) is 0 Å². The molecule has 3 aromatic rings. The number of benzene rings is 1. The van der Waals surface area contributed by atoms with Crippen LogP contribution in [0.1, 0.15) is 11.5 Å². The number of nitrogens with zero attached hydrogens (tertiary/aromatic N) is 1. The molecular weight excluding hydrogens is 350 g/mol. The molecule has 0 N–H and O–H groups in total. The van der Waals surface area contributed by atoms with Gasteiger partial charge in [0.25, 0.3) is 0 Å². The maximum Gasteiger partial charge on any atom is 0.431 e. The molecule has 0 fully saturated rings. The van der Waals surface area contributed by atoms with E-state index in [9.17, 15) is 22.4 Å². The summed E-state index contributed by atoms with van der Waals surface area (Å²) in [7, 11) is 1.14. The average molecular weight is 360 g/mol. The topological polar surface area (TPSA) is 35.1 Å². The molecule has 0 saturated carbocycles. The van der Waals surface area contributed by atoms with E-state index >= 15 is 0 Å². The summed E-state index contributed by atoms with van der Waals surface area (Å²) in [5.41, 5.74) is -2.23. The van der Waals surface area contributed by atoms with Gasteiger partial charge in [-0.25, -0.2) is 4.39 Å². The van der Waals surface area contributed by atoms with Crippen LogP contribution in [0.15, 0.2) is 33.6 Å². The third kappa shape index (κ3) is 2.58. The molecule has 1 aromatic carbocycles. The molecule has 3 nitrogen and oxygen atoms in total. The van der Waals surface area contributed by atoms with Crippen LogP contribution in [0.25, 0.3) is 22.1 Å². The minimum atomic E-state index is -4.69. The number of pyridine rings is 1. The molecule has 126 valence electrons. The normalized spacial score (nSPS) is 12.1. The Labute approximate surface area is 138 Å². The second-order valence-corrected chi connectivity index (χ2v) is 5.77. The number of hydrogen-bond donors (Lipinski definition) is 0. The summed E-state index contributed by atoms with van der Waals surface area (Å²) in [6.07, 6.45) is -3.73. The molecule has 0 aliphatic heterocycles. The van der Waals surface area contributed by atoms with E-state index in [0.717, 1.165) is 23.9 Å². The van der Waals surface area contributed by atoms with Gasteiger partial charge in [-0.15, -0.1) is 0 Å². The lowest BCUT2D eigenvalue weighted by Gasteiger charge is -2.14. The van der Waals surface area contributed by atoms with Crippen LogP contribution in [0.4, 0.5) is 17.6 Å². The molecule has 0 unspecified atom stereocenters. The Bertz CT molecular complexity index is 1020. The molecule has 0 aliphatic carbocycles. The summed E-state index contributed by atoms with van der Waals surface area (Å²) in [5, 5.41) is 0.248. The van der Waals surface area contributed by atoms with Crippen LogP contribution in [0.3, 0.4) is 0 Å². The fraction of sp³-hybridized carbons (Fsp3) is 0.188. The fourth-order valence-electron chi connectivity index (χ4n) is 2.63. The van der Waals surface area contributed by atoms with E-state index in [1.54, 1.807) is 6.92 Å². The van der Waals surface area contributed by atoms with Gasteiger partial charge in [0.15, 0.2) is 11.0 Å².